The fourth-order valence-electron chi connectivity index (χ4n) is 2.40. The molecule has 0 atom stereocenters. The van der Waals surface area contributed by atoms with Crippen molar-refractivity contribution in [1.82, 2.24) is 9.88 Å². The van der Waals surface area contributed by atoms with Crippen LogP contribution < -0.4 is 15.0 Å². The molecule has 132 valence electrons. The van der Waals surface area contributed by atoms with E-state index >= 15 is 0 Å². The Labute approximate surface area is 139 Å². The van der Waals surface area contributed by atoms with Crippen LogP contribution in [0.15, 0.2) is 35.1 Å². The smallest absolute Gasteiger partial charge is 0.431 e. The molecule has 2 aromatic rings. The maximum Gasteiger partial charge on any atom is 0.431 e. The zero-order valence-electron chi connectivity index (χ0n) is 13.0. The van der Waals surface area contributed by atoms with Gasteiger partial charge < -0.3 is 19.4 Å². The maximum absolute atomic E-state index is 12.6. The van der Waals surface area contributed by atoms with Crippen molar-refractivity contribution in [2.24, 2.45) is 0 Å². The summed E-state index contributed by atoms with van der Waals surface area (Å²) in [4.78, 5) is 27.0. The number of benzene rings is 1. The summed E-state index contributed by atoms with van der Waals surface area (Å²) in [7, 11) is 1.45. The summed E-state index contributed by atoms with van der Waals surface area (Å²) >= 11 is 0. The number of aromatic amines is 1. The van der Waals surface area contributed by atoms with Gasteiger partial charge in [-0.25, -0.2) is 0 Å². The molecule has 0 radical (unpaired) electrons. The second-order valence-electron chi connectivity index (χ2n) is 5.46. The molecule has 1 aromatic heterocycles. The second kappa shape index (κ2) is 6.15. The van der Waals surface area contributed by atoms with E-state index in [0.29, 0.717) is 17.6 Å². The number of nitrogens with one attached hydrogen (secondary N) is 1. The van der Waals surface area contributed by atoms with Crippen LogP contribution in [0.3, 0.4) is 0 Å². The Morgan fingerprint density at radius 3 is 2.60 bits per heavy atom. The quantitative estimate of drug-likeness (QED) is 0.919. The fraction of sp³-hybridized carbons (Fsp3) is 0.250. The Morgan fingerprint density at radius 2 is 1.92 bits per heavy atom. The predicted molar refractivity (Wildman–Crippen MR) is 80.4 cm³/mol. The molecule has 1 aliphatic rings. The summed E-state index contributed by atoms with van der Waals surface area (Å²) < 4.78 is 48.1. The Bertz CT molecular complexity index is 876. The number of alkyl halides is 3. The van der Waals surface area contributed by atoms with E-state index in [9.17, 15) is 22.8 Å². The molecule has 2 heterocycles. The number of H-pyrrole nitrogens is 1. The Hall–Kier alpha value is -2.97. The first kappa shape index (κ1) is 16.9. The lowest BCUT2D eigenvalue weighted by Gasteiger charge is -2.17. The van der Waals surface area contributed by atoms with Crippen LogP contribution in [-0.4, -0.2) is 29.6 Å². The van der Waals surface area contributed by atoms with Gasteiger partial charge in [0.1, 0.15) is 11.3 Å². The number of carbonyl (C=O) groups excluding carboxylic acids is 1. The normalized spacial score (nSPS) is 13.0. The number of nitrogens with zero attached hydrogens (tertiary/aromatic N) is 1. The van der Waals surface area contributed by atoms with Crippen LogP contribution in [0, 0.1) is 0 Å². The van der Waals surface area contributed by atoms with Crippen LogP contribution in [-0.2, 0) is 12.7 Å². The maximum atomic E-state index is 12.6. The largest absolute Gasteiger partial charge is 0.454 e. The standard InChI is InChI=1S/C16H13F3N2O4/c1-21(7-9-2-4-11-12(6-9)25-8-24-11)15(23)10-3-5-13(16(17,18)19)20-14(10)22/h2-6H,7-8H2,1H3,(H,20,22). The van der Waals surface area contributed by atoms with Crippen molar-refractivity contribution in [3.05, 3.63) is 57.5 Å². The van der Waals surface area contributed by atoms with Gasteiger partial charge in [0.05, 0.1) is 0 Å². The zero-order chi connectivity index (χ0) is 18.2. The van der Waals surface area contributed by atoms with E-state index in [2.05, 4.69) is 0 Å². The number of fused-ring (bicyclic) bond motifs is 1. The van der Waals surface area contributed by atoms with Crippen LogP contribution in [0.5, 0.6) is 11.5 Å². The molecule has 0 fully saturated rings. The van der Waals surface area contributed by atoms with E-state index in [1.807, 2.05) is 0 Å². The second-order valence-corrected chi connectivity index (χ2v) is 5.46. The number of carbonyl (C=O) groups is 1. The minimum Gasteiger partial charge on any atom is -0.454 e. The predicted octanol–water partition coefficient (Wildman–Crippen LogP) is 2.39. The lowest BCUT2D eigenvalue weighted by molar-refractivity contribution is -0.141. The Balaban J connectivity index is 1.77. The zero-order valence-corrected chi connectivity index (χ0v) is 13.0. The molecule has 1 aromatic carbocycles. The van der Waals surface area contributed by atoms with Crippen LogP contribution in [0.4, 0.5) is 13.2 Å². The number of rotatable bonds is 3. The van der Waals surface area contributed by atoms with E-state index in [1.54, 1.807) is 23.2 Å². The molecule has 0 spiro atoms. The van der Waals surface area contributed by atoms with Crippen molar-refractivity contribution in [2.75, 3.05) is 13.8 Å². The molecule has 6 nitrogen and oxygen atoms in total. The lowest BCUT2D eigenvalue weighted by Crippen LogP contribution is -2.32. The summed E-state index contributed by atoms with van der Waals surface area (Å²) in [6, 6.07) is 6.67. The van der Waals surface area contributed by atoms with Gasteiger partial charge in [0.25, 0.3) is 11.5 Å². The van der Waals surface area contributed by atoms with E-state index < -0.39 is 23.3 Å². The lowest BCUT2D eigenvalue weighted by atomic mass is 10.1. The first-order chi connectivity index (χ1) is 11.8. The highest BCUT2D eigenvalue weighted by molar-refractivity contribution is 5.93. The molecule has 1 amide bonds. The van der Waals surface area contributed by atoms with Crippen LogP contribution in [0.2, 0.25) is 0 Å². The van der Waals surface area contributed by atoms with E-state index in [0.717, 1.165) is 11.6 Å². The number of amides is 1. The highest BCUT2D eigenvalue weighted by atomic mass is 19.4. The first-order valence-corrected chi connectivity index (χ1v) is 7.20. The summed E-state index contributed by atoms with van der Waals surface area (Å²) in [5.41, 5.74) is -1.93. The third-order valence-corrected chi connectivity index (χ3v) is 3.65. The first-order valence-electron chi connectivity index (χ1n) is 7.20. The Kier molecular flexibility index (Phi) is 4.15. The average molecular weight is 354 g/mol. The molecule has 0 saturated heterocycles. The van der Waals surface area contributed by atoms with Crippen molar-refractivity contribution in [3.63, 3.8) is 0 Å². The fourth-order valence-corrected chi connectivity index (χ4v) is 2.40. The van der Waals surface area contributed by atoms with Crippen molar-refractivity contribution in [2.45, 2.75) is 12.7 Å². The van der Waals surface area contributed by atoms with Crippen molar-refractivity contribution < 1.29 is 27.4 Å². The number of aromatic nitrogens is 1. The summed E-state index contributed by atoms with van der Waals surface area (Å²) in [5.74, 6) is 0.454. The number of halogens is 3. The Morgan fingerprint density at radius 1 is 1.20 bits per heavy atom. The molecular formula is C16H13F3N2O4. The number of ether oxygens (including phenoxy) is 2. The average Bonchev–Trinajstić information content (AvgIpc) is 3.01. The molecule has 0 saturated carbocycles. The van der Waals surface area contributed by atoms with Gasteiger partial charge in [-0.3, -0.25) is 9.59 Å². The van der Waals surface area contributed by atoms with Gasteiger partial charge in [0, 0.05) is 13.6 Å². The third-order valence-electron chi connectivity index (χ3n) is 3.65. The van der Waals surface area contributed by atoms with Crippen molar-refractivity contribution >= 4 is 5.91 Å². The molecular weight excluding hydrogens is 341 g/mol. The monoisotopic (exact) mass is 354 g/mol. The van der Waals surface area contributed by atoms with Gasteiger partial charge >= 0.3 is 6.18 Å². The van der Waals surface area contributed by atoms with Crippen LogP contribution >= 0.6 is 0 Å². The van der Waals surface area contributed by atoms with Gasteiger partial charge in [-0.15, -0.1) is 0 Å². The van der Waals surface area contributed by atoms with Crippen LogP contribution in [0.25, 0.3) is 0 Å². The summed E-state index contributed by atoms with van der Waals surface area (Å²) in [5, 5.41) is 0. The molecule has 1 N–H and O–H groups in total. The summed E-state index contributed by atoms with van der Waals surface area (Å²) in [6.07, 6.45) is -4.68. The third kappa shape index (κ3) is 3.44. The molecule has 0 bridgehead atoms. The van der Waals surface area contributed by atoms with Gasteiger partial charge in [-0.1, -0.05) is 6.07 Å². The molecule has 25 heavy (non-hydrogen) atoms. The van der Waals surface area contributed by atoms with Crippen LogP contribution in [0.1, 0.15) is 21.6 Å². The molecule has 1 aliphatic heterocycles. The highest BCUT2D eigenvalue weighted by Gasteiger charge is 2.32. The van der Waals surface area contributed by atoms with Gasteiger partial charge in [0.2, 0.25) is 6.79 Å². The minimum atomic E-state index is -4.68. The molecule has 0 aliphatic carbocycles. The minimum absolute atomic E-state index is 0.120. The topological polar surface area (TPSA) is 71.6 Å². The number of hydrogen-bond acceptors (Lipinski definition) is 4. The van der Waals surface area contributed by atoms with Crippen molar-refractivity contribution in [1.29, 1.82) is 0 Å². The van der Waals surface area contributed by atoms with Gasteiger partial charge in [-0.05, 0) is 29.8 Å². The van der Waals surface area contributed by atoms with Gasteiger partial charge in [0.15, 0.2) is 11.5 Å². The number of hydrogen-bond donors (Lipinski definition) is 1. The highest BCUT2D eigenvalue weighted by Crippen LogP contribution is 2.32. The number of pyridine rings is 1. The van der Waals surface area contributed by atoms with E-state index in [-0.39, 0.29) is 18.9 Å². The van der Waals surface area contributed by atoms with E-state index in [4.69, 9.17) is 9.47 Å². The molecule has 0 unspecified atom stereocenters. The van der Waals surface area contributed by atoms with Crippen molar-refractivity contribution in [3.8, 4) is 11.5 Å². The molecule has 3 rings (SSSR count). The molecule has 9 heteroatoms. The SMILES string of the molecule is CN(Cc1ccc2c(c1)OCO2)C(=O)c1ccc(C(F)(F)F)[nH]c1=O. The summed E-state index contributed by atoms with van der Waals surface area (Å²) in [6.45, 7) is 0.268. The van der Waals surface area contributed by atoms with E-state index in [1.165, 1.54) is 11.9 Å². The van der Waals surface area contributed by atoms with Gasteiger partial charge in [-0.2, -0.15) is 13.2 Å².